The lowest BCUT2D eigenvalue weighted by atomic mass is 10.0. The van der Waals surface area contributed by atoms with E-state index in [9.17, 15) is 0 Å². The molecule has 2 aliphatic heterocycles. The molecule has 0 saturated carbocycles. The first-order chi connectivity index (χ1) is 12.1. The summed E-state index contributed by atoms with van der Waals surface area (Å²) >= 11 is 0. The highest BCUT2D eigenvalue weighted by Crippen LogP contribution is 2.33. The van der Waals surface area contributed by atoms with Crippen LogP contribution in [0.3, 0.4) is 0 Å². The van der Waals surface area contributed by atoms with Gasteiger partial charge in [-0.15, -0.1) is 0 Å². The molecule has 6 heteroatoms. The molecule has 4 rings (SSSR count). The minimum atomic E-state index is -0.357. The number of aryl methyl sites for hydroxylation is 2. The molecular weight excluding hydrogens is 316 g/mol. The summed E-state index contributed by atoms with van der Waals surface area (Å²) in [5.74, 6) is 1.39. The topological polar surface area (TPSA) is 59.5 Å². The summed E-state index contributed by atoms with van der Waals surface area (Å²) in [6, 6.07) is 8.33. The van der Waals surface area contributed by atoms with Crippen LogP contribution < -0.4 is 10.2 Å². The van der Waals surface area contributed by atoms with Crippen molar-refractivity contribution in [3.05, 3.63) is 41.7 Å². The molecule has 2 aromatic rings. The minimum absolute atomic E-state index is 0.357. The predicted molar refractivity (Wildman–Crippen MR) is 97.3 cm³/mol. The lowest BCUT2D eigenvalue weighted by molar-refractivity contribution is -0.169. The molecule has 1 N–H and O–H groups in total. The maximum absolute atomic E-state index is 5.80. The highest BCUT2D eigenvalue weighted by atomic mass is 16.7. The van der Waals surface area contributed by atoms with Crippen LogP contribution in [0, 0.1) is 13.8 Å². The Morgan fingerprint density at radius 3 is 2.48 bits per heavy atom. The maximum atomic E-state index is 5.80. The molecule has 2 aliphatic rings. The van der Waals surface area contributed by atoms with Crippen molar-refractivity contribution in [2.45, 2.75) is 32.5 Å². The third-order valence-electron chi connectivity index (χ3n) is 5.09. The van der Waals surface area contributed by atoms with Crippen LogP contribution in [-0.4, -0.2) is 42.1 Å². The Balaban J connectivity index is 1.45. The number of benzene rings is 1. The van der Waals surface area contributed by atoms with Gasteiger partial charge < -0.3 is 19.7 Å². The fourth-order valence-corrected chi connectivity index (χ4v) is 3.42. The lowest BCUT2D eigenvalue weighted by Gasteiger charge is -2.38. The van der Waals surface area contributed by atoms with Crippen molar-refractivity contribution in [1.82, 2.24) is 9.97 Å². The van der Waals surface area contributed by atoms with Gasteiger partial charge in [-0.3, -0.25) is 0 Å². The number of hydrogen-bond acceptors (Lipinski definition) is 6. The molecule has 0 bridgehead atoms. The smallest absolute Gasteiger partial charge is 0.171 e. The molecule has 25 heavy (non-hydrogen) atoms. The molecule has 1 aromatic carbocycles. The van der Waals surface area contributed by atoms with Gasteiger partial charge in [-0.2, -0.15) is 0 Å². The Bertz CT molecular complexity index is 749. The van der Waals surface area contributed by atoms with Gasteiger partial charge in [0.1, 0.15) is 18.0 Å². The SMILES string of the molecule is Cc1ccc(Nc2cc(N3CCC4(CC3)OCCO4)ncn2)cc1C. The van der Waals surface area contributed by atoms with Crippen LogP contribution in [0.2, 0.25) is 0 Å². The van der Waals surface area contributed by atoms with E-state index in [1.807, 2.05) is 6.07 Å². The van der Waals surface area contributed by atoms with Crippen molar-refractivity contribution in [3.63, 3.8) is 0 Å². The summed E-state index contributed by atoms with van der Waals surface area (Å²) in [5.41, 5.74) is 3.59. The van der Waals surface area contributed by atoms with Crippen molar-refractivity contribution in [2.24, 2.45) is 0 Å². The quantitative estimate of drug-likeness (QED) is 0.926. The van der Waals surface area contributed by atoms with Gasteiger partial charge in [0.15, 0.2) is 5.79 Å². The van der Waals surface area contributed by atoms with Crippen LogP contribution in [0.1, 0.15) is 24.0 Å². The second-order valence-corrected chi connectivity index (χ2v) is 6.78. The third kappa shape index (κ3) is 3.45. The molecule has 2 saturated heterocycles. The van der Waals surface area contributed by atoms with Gasteiger partial charge in [0.25, 0.3) is 0 Å². The highest BCUT2D eigenvalue weighted by Gasteiger charge is 2.40. The van der Waals surface area contributed by atoms with Crippen LogP contribution in [0.4, 0.5) is 17.3 Å². The summed E-state index contributed by atoms with van der Waals surface area (Å²) in [7, 11) is 0. The molecule has 1 spiro atoms. The monoisotopic (exact) mass is 340 g/mol. The number of ether oxygens (including phenoxy) is 2. The summed E-state index contributed by atoms with van der Waals surface area (Å²) in [6.45, 7) is 7.39. The zero-order valence-corrected chi connectivity index (χ0v) is 14.8. The van der Waals surface area contributed by atoms with E-state index in [1.54, 1.807) is 6.33 Å². The molecule has 6 nitrogen and oxygen atoms in total. The van der Waals surface area contributed by atoms with Crippen molar-refractivity contribution in [2.75, 3.05) is 36.5 Å². The first-order valence-electron chi connectivity index (χ1n) is 8.83. The standard InChI is InChI=1S/C19H24N4O2/c1-14-3-4-16(11-15(14)2)22-17-12-18(21-13-20-17)23-7-5-19(6-8-23)24-9-10-25-19/h3-4,11-13H,5-10H2,1-2H3,(H,20,21,22). The summed E-state index contributed by atoms with van der Waals surface area (Å²) in [4.78, 5) is 11.1. The Kier molecular flexibility index (Phi) is 4.31. The van der Waals surface area contributed by atoms with Crippen molar-refractivity contribution >= 4 is 17.3 Å². The van der Waals surface area contributed by atoms with Gasteiger partial charge in [0.2, 0.25) is 0 Å². The number of hydrogen-bond donors (Lipinski definition) is 1. The van der Waals surface area contributed by atoms with Gasteiger partial charge in [-0.05, 0) is 37.1 Å². The van der Waals surface area contributed by atoms with E-state index in [4.69, 9.17) is 9.47 Å². The minimum Gasteiger partial charge on any atom is -0.356 e. The van der Waals surface area contributed by atoms with E-state index in [0.29, 0.717) is 13.2 Å². The number of anilines is 3. The molecular formula is C19H24N4O2. The fraction of sp³-hybridized carbons (Fsp3) is 0.474. The summed E-state index contributed by atoms with van der Waals surface area (Å²) in [6.07, 6.45) is 3.36. The summed E-state index contributed by atoms with van der Waals surface area (Å²) < 4.78 is 11.6. The van der Waals surface area contributed by atoms with Crippen LogP contribution >= 0.6 is 0 Å². The number of piperidine rings is 1. The average Bonchev–Trinajstić information content (AvgIpc) is 3.07. The van der Waals surface area contributed by atoms with Crippen molar-refractivity contribution in [3.8, 4) is 0 Å². The van der Waals surface area contributed by atoms with Crippen LogP contribution in [-0.2, 0) is 9.47 Å². The number of rotatable bonds is 3. The first kappa shape index (κ1) is 16.3. The van der Waals surface area contributed by atoms with E-state index in [2.05, 4.69) is 52.2 Å². The lowest BCUT2D eigenvalue weighted by Crippen LogP contribution is -2.45. The molecule has 0 atom stereocenters. The largest absolute Gasteiger partial charge is 0.356 e. The van der Waals surface area contributed by atoms with Crippen molar-refractivity contribution < 1.29 is 9.47 Å². The van der Waals surface area contributed by atoms with E-state index >= 15 is 0 Å². The predicted octanol–water partition coefficient (Wildman–Crippen LogP) is 3.18. The summed E-state index contributed by atoms with van der Waals surface area (Å²) in [5, 5.41) is 3.37. The van der Waals surface area contributed by atoms with Gasteiger partial charge >= 0.3 is 0 Å². The number of nitrogens with zero attached hydrogens (tertiary/aromatic N) is 3. The number of nitrogens with one attached hydrogen (secondary N) is 1. The number of aromatic nitrogens is 2. The first-order valence-corrected chi connectivity index (χ1v) is 8.83. The van der Waals surface area contributed by atoms with Gasteiger partial charge in [0.05, 0.1) is 13.2 Å². The van der Waals surface area contributed by atoms with Crippen LogP contribution in [0.5, 0.6) is 0 Å². The van der Waals surface area contributed by atoms with Gasteiger partial charge in [0, 0.05) is 37.7 Å². The second-order valence-electron chi connectivity index (χ2n) is 6.78. The molecule has 0 unspecified atom stereocenters. The van der Waals surface area contributed by atoms with E-state index < -0.39 is 0 Å². The van der Waals surface area contributed by atoms with Crippen LogP contribution in [0.15, 0.2) is 30.6 Å². The normalized spacial score (nSPS) is 19.4. The Morgan fingerprint density at radius 2 is 1.76 bits per heavy atom. The van der Waals surface area contributed by atoms with Crippen molar-refractivity contribution in [1.29, 1.82) is 0 Å². The maximum Gasteiger partial charge on any atom is 0.171 e. The zero-order chi connectivity index (χ0) is 17.3. The fourth-order valence-electron chi connectivity index (χ4n) is 3.42. The average molecular weight is 340 g/mol. The molecule has 132 valence electrons. The van der Waals surface area contributed by atoms with E-state index in [1.165, 1.54) is 11.1 Å². The highest BCUT2D eigenvalue weighted by molar-refractivity contribution is 5.60. The second kappa shape index (κ2) is 6.61. The Morgan fingerprint density at radius 1 is 1.00 bits per heavy atom. The third-order valence-corrected chi connectivity index (χ3v) is 5.09. The molecule has 3 heterocycles. The van der Waals surface area contributed by atoms with E-state index in [0.717, 1.165) is 43.3 Å². The zero-order valence-electron chi connectivity index (χ0n) is 14.8. The molecule has 1 aromatic heterocycles. The Labute approximate surface area is 148 Å². The molecule has 0 radical (unpaired) electrons. The van der Waals surface area contributed by atoms with Gasteiger partial charge in [-0.25, -0.2) is 9.97 Å². The Hall–Kier alpha value is -2.18. The molecule has 0 amide bonds. The van der Waals surface area contributed by atoms with Crippen LogP contribution in [0.25, 0.3) is 0 Å². The van der Waals surface area contributed by atoms with Gasteiger partial charge in [-0.1, -0.05) is 6.07 Å². The van der Waals surface area contributed by atoms with E-state index in [-0.39, 0.29) is 5.79 Å². The molecule has 0 aliphatic carbocycles. The molecule has 2 fully saturated rings.